The fourth-order valence-electron chi connectivity index (χ4n) is 2.22. The summed E-state index contributed by atoms with van der Waals surface area (Å²) in [5.41, 5.74) is 1.57. The van der Waals surface area contributed by atoms with Crippen molar-refractivity contribution in [1.82, 2.24) is 15.1 Å². The van der Waals surface area contributed by atoms with E-state index in [1.54, 1.807) is 13.3 Å². The van der Waals surface area contributed by atoms with Crippen molar-refractivity contribution in [1.29, 1.82) is 0 Å². The van der Waals surface area contributed by atoms with Crippen molar-refractivity contribution >= 4 is 17.0 Å². The van der Waals surface area contributed by atoms with Crippen LogP contribution in [-0.2, 0) is 18.2 Å². The average Bonchev–Trinajstić information content (AvgIpc) is 2.77. The Morgan fingerprint density at radius 1 is 1.36 bits per heavy atom. The van der Waals surface area contributed by atoms with Crippen LogP contribution in [0.15, 0.2) is 18.3 Å². The smallest absolute Gasteiger partial charge is 0.407 e. The third-order valence-electron chi connectivity index (χ3n) is 3.21. The predicted octanol–water partition coefficient (Wildman–Crippen LogP) is 2.65. The summed E-state index contributed by atoms with van der Waals surface area (Å²) in [4.78, 5) is 11.6. The van der Waals surface area contributed by atoms with E-state index in [1.165, 1.54) is 0 Å². The number of aromatic nitrogens is 2. The molecule has 22 heavy (non-hydrogen) atoms. The summed E-state index contributed by atoms with van der Waals surface area (Å²) in [6.45, 7) is 6.00. The molecule has 0 aliphatic carbocycles. The van der Waals surface area contributed by atoms with Gasteiger partial charge in [0.2, 0.25) is 0 Å². The molecule has 1 heterocycles. The fraction of sp³-hybridized carbons (Fsp3) is 0.500. The van der Waals surface area contributed by atoms with Crippen molar-refractivity contribution in [3.63, 3.8) is 0 Å². The standard InChI is InChI=1S/C16H23N3O3/c1-16(2,3)22-15(20)17-7-6-11-8-13-12(9-14(11)21-5)10-18-19(13)4/h8-10H,6-7H2,1-5H3,(H,17,20). The number of methoxy groups -OCH3 is 1. The van der Waals surface area contributed by atoms with Crippen LogP contribution in [0.4, 0.5) is 4.79 Å². The maximum atomic E-state index is 11.6. The van der Waals surface area contributed by atoms with Gasteiger partial charge < -0.3 is 14.8 Å². The highest BCUT2D eigenvalue weighted by atomic mass is 16.6. The van der Waals surface area contributed by atoms with Gasteiger partial charge >= 0.3 is 6.09 Å². The number of nitrogens with zero attached hydrogens (tertiary/aromatic N) is 2. The van der Waals surface area contributed by atoms with Gasteiger partial charge in [-0.1, -0.05) is 0 Å². The summed E-state index contributed by atoms with van der Waals surface area (Å²) in [7, 11) is 3.54. The monoisotopic (exact) mass is 305 g/mol. The molecule has 0 radical (unpaired) electrons. The highest BCUT2D eigenvalue weighted by Gasteiger charge is 2.16. The van der Waals surface area contributed by atoms with Gasteiger partial charge in [-0.2, -0.15) is 5.10 Å². The highest BCUT2D eigenvalue weighted by molar-refractivity contribution is 5.81. The number of aryl methyl sites for hydroxylation is 1. The van der Waals surface area contributed by atoms with Crippen LogP contribution in [0, 0.1) is 0 Å². The van der Waals surface area contributed by atoms with E-state index in [9.17, 15) is 4.79 Å². The first-order valence-corrected chi connectivity index (χ1v) is 7.25. The summed E-state index contributed by atoms with van der Waals surface area (Å²) in [5.74, 6) is 0.798. The SMILES string of the molecule is COc1cc2cnn(C)c2cc1CCNC(=O)OC(C)(C)C. The van der Waals surface area contributed by atoms with Gasteiger partial charge in [-0.05, 0) is 44.9 Å². The molecule has 0 saturated carbocycles. The van der Waals surface area contributed by atoms with Crippen molar-refractivity contribution in [2.45, 2.75) is 32.8 Å². The molecule has 0 spiro atoms. The number of fused-ring (bicyclic) bond motifs is 1. The number of carbonyl (C=O) groups is 1. The minimum absolute atomic E-state index is 0.409. The van der Waals surface area contributed by atoms with Crippen LogP contribution in [0.25, 0.3) is 10.9 Å². The van der Waals surface area contributed by atoms with E-state index in [4.69, 9.17) is 9.47 Å². The fourth-order valence-corrected chi connectivity index (χ4v) is 2.22. The molecule has 0 atom stereocenters. The molecule has 6 nitrogen and oxygen atoms in total. The molecule has 2 aromatic rings. The van der Waals surface area contributed by atoms with Crippen molar-refractivity contribution in [3.05, 3.63) is 23.9 Å². The highest BCUT2D eigenvalue weighted by Crippen LogP contribution is 2.25. The Morgan fingerprint density at radius 2 is 2.09 bits per heavy atom. The number of carbonyl (C=O) groups excluding carboxylic acids is 1. The number of hydrogen-bond acceptors (Lipinski definition) is 4. The normalized spacial score (nSPS) is 11.5. The third kappa shape index (κ3) is 3.90. The second kappa shape index (κ2) is 6.25. The Kier molecular flexibility index (Phi) is 4.59. The molecule has 1 N–H and O–H groups in total. The Morgan fingerprint density at radius 3 is 2.73 bits per heavy atom. The van der Waals surface area contributed by atoms with Crippen LogP contribution in [0.3, 0.4) is 0 Å². The molecule has 0 unspecified atom stereocenters. The number of hydrogen-bond donors (Lipinski definition) is 1. The van der Waals surface area contributed by atoms with E-state index >= 15 is 0 Å². The van der Waals surface area contributed by atoms with Gasteiger partial charge in [0.1, 0.15) is 11.4 Å². The van der Waals surface area contributed by atoms with Gasteiger partial charge in [-0.15, -0.1) is 0 Å². The maximum Gasteiger partial charge on any atom is 0.407 e. The van der Waals surface area contributed by atoms with Crippen LogP contribution >= 0.6 is 0 Å². The van der Waals surface area contributed by atoms with Gasteiger partial charge in [0.25, 0.3) is 0 Å². The minimum atomic E-state index is -0.491. The quantitative estimate of drug-likeness (QED) is 0.943. The van der Waals surface area contributed by atoms with Crippen LogP contribution in [-0.4, -0.2) is 35.1 Å². The van der Waals surface area contributed by atoms with Crippen LogP contribution < -0.4 is 10.1 Å². The van der Waals surface area contributed by atoms with Gasteiger partial charge in [0.05, 0.1) is 18.8 Å². The van der Waals surface area contributed by atoms with E-state index in [0.29, 0.717) is 13.0 Å². The zero-order chi connectivity index (χ0) is 16.3. The molecule has 0 aliphatic rings. The minimum Gasteiger partial charge on any atom is -0.496 e. The molecule has 0 bridgehead atoms. The number of amides is 1. The lowest BCUT2D eigenvalue weighted by molar-refractivity contribution is 0.0528. The zero-order valence-corrected chi connectivity index (χ0v) is 13.8. The summed E-state index contributed by atoms with van der Waals surface area (Å²) < 4.78 is 12.5. The van der Waals surface area contributed by atoms with Gasteiger partial charge in [0.15, 0.2) is 0 Å². The number of rotatable bonds is 4. The Labute approximate surface area is 130 Å². The molecule has 1 amide bonds. The zero-order valence-electron chi connectivity index (χ0n) is 13.8. The number of alkyl carbamates (subject to hydrolysis) is 1. The number of ether oxygens (including phenoxy) is 2. The van der Waals surface area contributed by atoms with E-state index in [0.717, 1.165) is 22.2 Å². The molecule has 1 aromatic carbocycles. The molecule has 2 rings (SSSR count). The van der Waals surface area contributed by atoms with E-state index in [-0.39, 0.29) is 0 Å². The van der Waals surface area contributed by atoms with Crippen molar-refractivity contribution in [3.8, 4) is 5.75 Å². The van der Waals surface area contributed by atoms with Gasteiger partial charge in [-0.3, -0.25) is 4.68 Å². The molecular formula is C16H23N3O3. The second-order valence-corrected chi connectivity index (χ2v) is 6.17. The van der Waals surface area contributed by atoms with E-state index in [2.05, 4.69) is 10.4 Å². The first-order chi connectivity index (χ1) is 10.3. The van der Waals surface area contributed by atoms with E-state index < -0.39 is 11.7 Å². The Bertz CT molecular complexity index is 671. The summed E-state index contributed by atoms with van der Waals surface area (Å²) in [6.07, 6.45) is 2.05. The third-order valence-corrected chi connectivity index (χ3v) is 3.21. The van der Waals surface area contributed by atoms with Crippen LogP contribution in [0.1, 0.15) is 26.3 Å². The lowest BCUT2D eigenvalue weighted by Gasteiger charge is -2.19. The Balaban J connectivity index is 2.04. The number of benzene rings is 1. The maximum absolute atomic E-state index is 11.6. The molecule has 0 aliphatic heterocycles. The molecule has 0 fully saturated rings. The molecule has 6 heteroatoms. The molecule has 1 aromatic heterocycles. The van der Waals surface area contributed by atoms with Crippen molar-refractivity contribution in [2.75, 3.05) is 13.7 Å². The summed E-state index contributed by atoms with van der Waals surface area (Å²) in [5, 5.41) is 8.02. The topological polar surface area (TPSA) is 65.4 Å². The molecular weight excluding hydrogens is 282 g/mol. The van der Waals surface area contributed by atoms with Crippen LogP contribution in [0.2, 0.25) is 0 Å². The average molecular weight is 305 g/mol. The summed E-state index contributed by atoms with van der Waals surface area (Å²) >= 11 is 0. The number of nitrogens with one attached hydrogen (secondary N) is 1. The van der Waals surface area contributed by atoms with Crippen molar-refractivity contribution in [2.24, 2.45) is 7.05 Å². The lowest BCUT2D eigenvalue weighted by atomic mass is 10.1. The Hall–Kier alpha value is -2.24. The largest absolute Gasteiger partial charge is 0.496 e. The van der Waals surface area contributed by atoms with Crippen molar-refractivity contribution < 1.29 is 14.3 Å². The first kappa shape index (κ1) is 16.1. The van der Waals surface area contributed by atoms with Crippen LogP contribution in [0.5, 0.6) is 5.75 Å². The summed E-state index contributed by atoms with van der Waals surface area (Å²) in [6, 6.07) is 4.00. The predicted molar refractivity (Wildman–Crippen MR) is 85.2 cm³/mol. The molecule has 120 valence electrons. The molecule has 0 saturated heterocycles. The van der Waals surface area contributed by atoms with Gasteiger partial charge in [0, 0.05) is 19.0 Å². The lowest BCUT2D eigenvalue weighted by Crippen LogP contribution is -2.33. The second-order valence-electron chi connectivity index (χ2n) is 6.17. The van der Waals surface area contributed by atoms with E-state index in [1.807, 2.05) is 44.6 Å². The first-order valence-electron chi connectivity index (χ1n) is 7.25. The van der Waals surface area contributed by atoms with Gasteiger partial charge in [-0.25, -0.2) is 4.79 Å².